The van der Waals surface area contributed by atoms with E-state index in [0.717, 1.165) is 12.1 Å². The summed E-state index contributed by atoms with van der Waals surface area (Å²) in [5, 5.41) is 2.45. The van der Waals surface area contributed by atoms with Crippen LogP contribution in [0.5, 0.6) is 0 Å². The minimum absolute atomic E-state index is 0.0641. The number of hydrogen-bond donors (Lipinski definition) is 1. The van der Waals surface area contributed by atoms with Crippen LogP contribution in [-0.4, -0.2) is 13.2 Å². The molecule has 0 aliphatic heterocycles. The van der Waals surface area contributed by atoms with Crippen molar-refractivity contribution in [1.29, 1.82) is 0 Å². The third-order valence-corrected chi connectivity index (χ3v) is 1.66. The maximum absolute atomic E-state index is 12.6. The van der Waals surface area contributed by atoms with Gasteiger partial charge in [0.2, 0.25) is 0 Å². The summed E-state index contributed by atoms with van der Waals surface area (Å²) < 4.78 is 49.0. The van der Waals surface area contributed by atoms with E-state index < -0.39 is 24.5 Å². The first-order valence-electron chi connectivity index (χ1n) is 4.02. The quantitative estimate of drug-likeness (QED) is 0.748. The lowest BCUT2D eigenvalue weighted by Crippen LogP contribution is -2.06. The molecule has 0 radical (unpaired) electrons. The largest absolute Gasteiger partial charge is 0.382 e. The molecule has 0 aromatic heterocycles. The average Bonchev–Trinajstić information content (AvgIpc) is 2.15. The molecule has 1 N–H and O–H groups in total. The highest BCUT2D eigenvalue weighted by Crippen LogP contribution is 2.27. The summed E-state index contributed by atoms with van der Waals surface area (Å²) in [4.78, 5) is 0. The maximum atomic E-state index is 12.6. The van der Waals surface area contributed by atoms with Crippen molar-refractivity contribution in [3.63, 3.8) is 0 Å². The van der Waals surface area contributed by atoms with Crippen molar-refractivity contribution in [2.24, 2.45) is 0 Å². The lowest BCUT2D eigenvalue weighted by molar-refractivity contribution is 0.151. The molecule has 0 heterocycles. The summed E-state index contributed by atoms with van der Waals surface area (Å²) >= 11 is 0. The van der Waals surface area contributed by atoms with Gasteiger partial charge in [-0.25, -0.2) is 17.6 Å². The van der Waals surface area contributed by atoms with Gasteiger partial charge in [0, 0.05) is 17.8 Å². The smallest absolute Gasteiger partial charge is 0.265 e. The molecule has 0 spiro atoms. The topological polar surface area (TPSA) is 12.0 Å². The standard InChI is InChI=1S/C9H9F4N/c10-3-4-14-8-2-1-6(11)5-7(8)9(12)13/h1-2,5,9,14H,3-4H2. The Morgan fingerprint density at radius 2 is 2.00 bits per heavy atom. The second-order valence-electron chi connectivity index (χ2n) is 2.65. The number of halogens is 4. The van der Waals surface area contributed by atoms with Crippen molar-refractivity contribution in [2.75, 3.05) is 18.5 Å². The van der Waals surface area contributed by atoms with Gasteiger partial charge in [-0.15, -0.1) is 0 Å². The monoisotopic (exact) mass is 207 g/mol. The number of nitrogens with one attached hydrogen (secondary N) is 1. The molecule has 14 heavy (non-hydrogen) atoms. The Morgan fingerprint density at radius 1 is 1.29 bits per heavy atom. The fourth-order valence-corrected chi connectivity index (χ4v) is 1.06. The molecular formula is C9H9F4N. The molecule has 5 heteroatoms. The summed E-state index contributed by atoms with van der Waals surface area (Å²) in [6.07, 6.45) is -2.77. The molecule has 0 saturated heterocycles. The minimum atomic E-state index is -2.77. The van der Waals surface area contributed by atoms with Crippen LogP contribution in [0, 0.1) is 5.82 Å². The first-order chi connectivity index (χ1) is 6.65. The van der Waals surface area contributed by atoms with Crippen molar-refractivity contribution < 1.29 is 17.6 Å². The van der Waals surface area contributed by atoms with E-state index in [4.69, 9.17) is 0 Å². The highest BCUT2D eigenvalue weighted by Gasteiger charge is 2.13. The van der Waals surface area contributed by atoms with E-state index in [1.165, 1.54) is 6.07 Å². The normalized spacial score (nSPS) is 10.6. The molecule has 1 aromatic rings. The lowest BCUT2D eigenvalue weighted by Gasteiger charge is -2.09. The molecule has 0 atom stereocenters. The first-order valence-corrected chi connectivity index (χ1v) is 4.02. The molecular weight excluding hydrogens is 198 g/mol. The van der Waals surface area contributed by atoms with Gasteiger partial charge in [0.15, 0.2) is 0 Å². The lowest BCUT2D eigenvalue weighted by atomic mass is 10.2. The molecule has 78 valence electrons. The average molecular weight is 207 g/mol. The van der Waals surface area contributed by atoms with E-state index >= 15 is 0 Å². The summed E-state index contributed by atoms with van der Waals surface area (Å²) in [5.41, 5.74) is -0.377. The predicted octanol–water partition coefficient (Wildman–Crippen LogP) is 3.14. The zero-order valence-electron chi connectivity index (χ0n) is 7.24. The number of anilines is 1. The molecule has 1 aromatic carbocycles. The van der Waals surface area contributed by atoms with E-state index in [0.29, 0.717) is 0 Å². The van der Waals surface area contributed by atoms with E-state index in [1.807, 2.05) is 0 Å². The summed E-state index contributed by atoms with van der Waals surface area (Å²) in [6.45, 7) is -0.731. The van der Waals surface area contributed by atoms with Crippen LogP contribution in [0.15, 0.2) is 18.2 Å². The minimum Gasteiger partial charge on any atom is -0.382 e. The van der Waals surface area contributed by atoms with Crippen LogP contribution >= 0.6 is 0 Å². The summed E-state index contributed by atoms with van der Waals surface area (Å²) in [6, 6.07) is 2.96. The molecule has 0 aliphatic rings. The zero-order valence-corrected chi connectivity index (χ0v) is 7.24. The summed E-state index contributed by atoms with van der Waals surface area (Å²) in [5.74, 6) is -0.730. The fourth-order valence-electron chi connectivity index (χ4n) is 1.06. The van der Waals surface area contributed by atoms with Gasteiger partial charge in [-0.2, -0.15) is 0 Å². The SMILES string of the molecule is FCCNc1ccc(F)cc1C(F)F. The van der Waals surface area contributed by atoms with Crippen LogP contribution in [0.3, 0.4) is 0 Å². The van der Waals surface area contributed by atoms with E-state index in [2.05, 4.69) is 5.32 Å². The van der Waals surface area contributed by atoms with Gasteiger partial charge in [-0.1, -0.05) is 0 Å². The van der Waals surface area contributed by atoms with Gasteiger partial charge in [-0.3, -0.25) is 0 Å². The van der Waals surface area contributed by atoms with Gasteiger partial charge in [0.1, 0.15) is 12.5 Å². The Kier molecular flexibility index (Phi) is 3.73. The van der Waals surface area contributed by atoms with Crippen LogP contribution in [0.1, 0.15) is 12.0 Å². The Morgan fingerprint density at radius 3 is 2.57 bits per heavy atom. The van der Waals surface area contributed by atoms with Crippen molar-refractivity contribution in [3.05, 3.63) is 29.6 Å². The van der Waals surface area contributed by atoms with Crippen LogP contribution < -0.4 is 5.32 Å². The Hall–Kier alpha value is -1.26. The van der Waals surface area contributed by atoms with Crippen LogP contribution in [0.25, 0.3) is 0 Å². The fraction of sp³-hybridized carbons (Fsp3) is 0.333. The second kappa shape index (κ2) is 4.83. The van der Waals surface area contributed by atoms with Crippen molar-refractivity contribution in [2.45, 2.75) is 6.43 Å². The van der Waals surface area contributed by atoms with Gasteiger partial charge < -0.3 is 5.32 Å². The van der Waals surface area contributed by atoms with Gasteiger partial charge in [-0.05, 0) is 18.2 Å². The number of alkyl halides is 3. The van der Waals surface area contributed by atoms with Crippen LogP contribution in [0.4, 0.5) is 23.2 Å². The van der Waals surface area contributed by atoms with Crippen molar-refractivity contribution in [3.8, 4) is 0 Å². The molecule has 0 aliphatic carbocycles. The van der Waals surface area contributed by atoms with Crippen LogP contribution in [-0.2, 0) is 0 Å². The molecule has 0 unspecified atom stereocenters. The van der Waals surface area contributed by atoms with E-state index in [1.54, 1.807) is 0 Å². The second-order valence-corrected chi connectivity index (χ2v) is 2.65. The van der Waals surface area contributed by atoms with Gasteiger partial charge in [0.25, 0.3) is 6.43 Å². The van der Waals surface area contributed by atoms with Gasteiger partial charge in [0.05, 0.1) is 0 Å². The molecule has 0 saturated carbocycles. The Labute approximate surface area is 78.7 Å². The zero-order chi connectivity index (χ0) is 10.6. The Balaban J connectivity index is 2.90. The third kappa shape index (κ3) is 2.61. The molecule has 1 nitrogen and oxygen atoms in total. The number of benzene rings is 1. The van der Waals surface area contributed by atoms with E-state index in [9.17, 15) is 17.6 Å². The van der Waals surface area contributed by atoms with Crippen LogP contribution in [0.2, 0.25) is 0 Å². The highest BCUT2D eigenvalue weighted by molar-refractivity contribution is 5.51. The van der Waals surface area contributed by atoms with Crippen molar-refractivity contribution in [1.82, 2.24) is 0 Å². The Bertz CT molecular complexity index is 301. The predicted molar refractivity (Wildman–Crippen MR) is 45.8 cm³/mol. The highest BCUT2D eigenvalue weighted by atomic mass is 19.3. The van der Waals surface area contributed by atoms with E-state index in [-0.39, 0.29) is 12.2 Å². The maximum Gasteiger partial charge on any atom is 0.265 e. The molecule has 1 rings (SSSR count). The third-order valence-electron chi connectivity index (χ3n) is 1.66. The first kappa shape index (κ1) is 10.8. The molecule has 0 bridgehead atoms. The number of hydrogen-bond acceptors (Lipinski definition) is 1. The molecule has 0 fully saturated rings. The van der Waals surface area contributed by atoms with Gasteiger partial charge >= 0.3 is 0 Å². The van der Waals surface area contributed by atoms with Crippen molar-refractivity contribution >= 4 is 5.69 Å². The molecule has 0 amide bonds. The number of rotatable bonds is 4. The summed E-state index contributed by atoms with van der Waals surface area (Å²) in [7, 11) is 0.